The summed E-state index contributed by atoms with van der Waals surface area (Å²) in [5, 5.41) is 0. The Hall–Kier alpha value is -2.55. The van der Waals surface area contributed by atoms with Crippen LogP contribution in [0.5, 0.6) is 5.75 Å². The van der Waals surface area contributed by atoms with Crippen molar-refractivity contribution in [3.05, 3.63) is 75.9 Å². The molecule has 30 heavy (non-hydrogen) atoms. The lowest BCUT2D eigenvalue weighted by Gasteiger charge is -2.47. The molecule has 156 valence electrons. The first-order valence-corrected chi connectivity index (χ1v) is 11.2. The minimum atomic E-state index is -0.0834. The van der Waals surface area contributed by atoms with Crippen LogP contribution in [-0.2, 0) is 28.0 Å². The molecule has 0 saturated heterocycles. The van der Waals surface area contributed by atoms with E-state index in [0.717, 1.165) is 37.0 Å². The molecule has 1 aliphatic heterocycles. The van der Waals surface area contributed by atoms with Crippen molar-refractivity contribution in [1.82, 2.24) is 0 Å². The third-order valence-corrected chi connectivity index (χ3v) is 7.51. The Balaban J connectivity index is 1.55. The minimum absolute atomic E-state index is 0.0424. The van der Waals surface area contributed by atoms with E-state index in [-0.39, 0.29) is 11.4 Å². The minimum Gasteiger partial charge on any atom is -0.488 e. The Bertz CT molecular complexity index is 1020. The van der Waals surface area contributed by atoms with Crippen LogP contribution in [0.25, 0.3) is 0 Å². The van der Waals surface area contributed by atoms with Crippen LogP contribution < -0.4 is 4.74 Å². The van der Waals surface area contributed by atoms with Crippen LogP contribution in [0.1, 0.15) is 68.2 Å². The van der Waals surface area contributed by atoms with Gasteiger partial charge in [0, 0.05) is 5.57 Å². The molecule has 3 nitrogen and oxygen atoms in total. The number of fused-ring (bicyclic) bond motifs is 4. The molecule has 2 aromatic carbocycles. The molecule has 0 N–H and O–H groups in total. The van der Waals surface area contributed by atoms with Gasteiger partial charge < -0.3 is 9.47 Å². The van der Waals surface area contributed by atoms with E-state index in [9.17, 15) is 4.79 Å². The normalized spacial score (nSPS) is 24.9. The Kier molecular flexibility index (Phi) is 4.72. The molecule has 0 amide bonds. The average molecular weight is 403 g/mol. The van der Waals surface area contributed by atoms with Gasteiger partial charge in [-0.15, -0.1) is 0 Å². The van der Waals surface area contributed by atoms with Gasteiger partial charge in [0.15, 0.2) is 0 Å². The van der Waals surface area contributed by atoms with Gasteiger partial charge in [-0.1, -0.05) is 63.2 Å². The number of hydrogen-bond acceptors (Lipinski definition) is 3. The molecule has 3 heteroatoms. The highest BCUT2D eigenvalue weighted by atomic mass is 16.5. The van der Waals surface area contributed by atoms with Gasteiger partial charge in [0.1, 0.15) is 19.0 Å². The molecule has 2 atom stereocenters. The van der Waals surface area contributed by atoms with Crippen molar-refractivity contribution in [2.75, 3.05) is 6.61 Å². The Morgan fingerprint density at radius 3 is 2.70 bits per heavy atom. The summed E-state index contributed by atoms with van der Waals surface area (Å²) >= 11 is 0. The highest BCUT2D eigenvalue weighted by molar-refractivity contribution is 5.92. The summed E-state index contributed by atoms with van der Waals surface area (Å²) in [5.41, 5.74) is 7.54. The van der Waals surface area contributed by atoms with Crippen LogP contribution in [-0.4, -0.2) is 12.6 Å². The Labute approximate surface area is 179 Å². The predicted molar refractivity (Wildman–Crippen MR) is 118 cm³/mol. The van der Waals surface area contributed by atoms with E-state index in [0.29, 0.717) is 25.0 Å². The number of carbonyl (C=O) groups excluding carboxylic acids is 1. The number of esters is 1. The van der Waals surface area contributed by atoms with Gasteiger partial charge in [-0.25, -0.2) is 4.79 Å². The second-order valence-electron chi connectivity index (χ2n) is 9.53. The summed E-state index contributed by atoms with van der Waals surface area (Å²) in [5.74, 6) is 1.81. The zero-order chi connectivity index (χ0) is 20.9. The molecule has 0 unspecified atom stereocenters. The van der Waals surface area contributed by atoms with Gasteiger partial charge in [0.2, 0.25) is 0 Å². The molecule has 1 heterocycles. The lowest BCUT2D eigenvalue weighted by molar-refractivity contribution is -0.136. The summed E-state index contributed by atoms with van der Waals surface area (Å²) < 4.78 is 11.9. The molecule has 0 fully saturated rings. The first kappa shape index (κ1) is 19.4. The standard InChI is InChI=1S/C27H30O3/c1-17(2)19-9-11-23-21(25(19)29-15-18-7-5-4-6-8-18)10-12-24-22-16-30-26(28)20(22)13-14-27(23,24)3/h4-9,11,17,24H,10,12-16H2,1-3H3/t24-,27+/m0/s1. The van der Waals surface area contributed by atoms with E-state index >= 15 is 0 Å². The summed E-state index contributed by atoms with van der Waals surface area (Å²) in [6, 6.07) is 15.0. The molecule has 2 aromatic rings. The fourth-order valence-corrected chi connectivity index (χ4v) is 5.85. The van der Waals surface area contributed by atoms with Gasteiger partial charge in [0.05, 0.1) is 0 Å². The maximum atomic E-state index is 12.1. The number of benzene rings is 2. The van der Waals surface area contributed by atoms with E-state index in [1.807, 2.05) is 6.07 Å². The predicted octanol–water partition coefficient (Wildman–Crippen LogP) is 5.86. The number of carbonyl (C=O) groups is 1. The molecule has 5 rings (SSSR count). The molecule has 0 aromatic heterocycles. The van der Waals surface area contributed by atoms with Crippen molar-refractivity contribution in [1.29, 1.82) is 0 Å². The molecule has 0 radical (unpaired) electrons. The molecule has 0 bridgehead atoms. The summed E-state index contributed by atoms with van der Waals surface area (Å²) in [6.07, 6.45) is 3.87. The van der Waals surface area contributed by atoms with Crippen LogP contribution in [0, 0.1) is 5.92 Å². The zero-order valence-corrected chi connectivity index (χ0v) is 18.2. The molecular formula is C27H30O3. The van der Waals surface area contributed by atoms with E-state index in [1.165, 1.54) is 27.8 Å². The third-order valence-electron chi connectivity index (χ3n) is 7.51. The molecule has 0 saturated carbocycles. The Morgan fingerprint density at radius 2 is 1.93 bits per heavy atom. The van der Waals surface area contributed by atoms with Crippen LogP contribution >= 0.6 is 0 Å². The molecule has 2 aliphatic carbocycles. The number of hydrogen-bond donors (Lipinski definition) is 0. The van der Waals surface area contributed by atoms with Crippen LogP contribution in [0.3, 0.4) is 0 Å². The van der Waals surface area contributed by atoms with E-state index < -0.39 is 0 Å². The fourth-order valence-electron chi connectivity index (χ4n) is 5.85. The smallest absolute Gasteiger partial charge is 0.334 e. The summed E-state index contributed by atoms with van der Waals surface area (Å²) in [4.78, 5) is 12.1. The van der Waals surface area contributed by atoms with Crippen LogP contribution in [0.2, 0.25) is 0 Å². The van der Waals surface area contributed by atoms with Crippen LogP contribution in [0.15, 0.2) is 53.6 Å². The number of rotatable bonds is 4. The van der Waals surface area contributed by atoms with Crippen molar-refractivity contribution in [2.45, 2.75) is 64.4 Å². The monoisotopic (exact) mass is 402 g/mol. The lowest BCUT2D eigenvalue weighted by Crippen LogP contribution is -2.41. The maximum Gasteiger partial charge on any atom is 0.334 e. The highest BCUT2D eigenvalue weighted by Gasteiger charge is 2.49. The van der Waals surface area contributed by atoms with Crippen LogP contribution in [0.4, 0.5) is 0 Å². The molecular weight excluding hydrogens is 372 g/mol. The second kappa shape index (κ2) is 7.30. The first-order valence-electron chi connectivity index (χ1n) is 11.2. The zero-order valence-electron chi connectivity index (χ0n) is 18.2. The van der Waals surface area contributed by atoms with E-state index in [4.69, 9.17) is 9.47 Å². The fraction of sp³-hybridized carbons (Fsp3) is 0.444. The third kappa shape index (κ3) is 2.98. The van der Waals surface area contributed by atoms with Gasteiger partial charge in [-0.3, -0.25) is 0 Å². The lowest BCUT2D eigenvalue weighted by atomic mass is 9.56. The molecule has 3 aliphatic rings. The van der Waals surface area contributed by atoms with Gasteiger partial charge in [-0.2, -0.15) is 0 Å². The second-order valence-corrected chi connectivity index (χ2v) is 9.53. The van der Waals surface area contributed by atoms with Crippen molar-refractivity contribution in [2.24, 2.45) is 5.92 Å². The SMILES string of the molecule is CC(C)c1ccc2c(c1OCc1ccccc1)CC[C@H]1C3=C(CC[C@]21C)C(=O)OC3. The van der Waals surface area contributed by atoms with Gasteiger partial charge >= 0.3 is 5.97 Å². The van der Waals surface area contributed by atoms with Crippen molar-refractivity contribution >= 4 is 5.97 Å². The summed E-state index contributed by atoms with van der Waals surface area (Å²) in [7, 11) is 0. The number of ether oxygens (including phenoxy) is 2. The molecule has 0 spiro atoms. The van der Waals surface area contributed by atoms with Gasteiger partial charge in [0.25, 0.3) is 0 Å². The quantitative estimate of drug-likeness (QED) is 0.601. The van der Waals surface area contributed by atoms with E-state index in [1.54, 1.807) is 0 Å². The Morgan fingerprint density at radius 1 is 1.13 bits per heavy atom. The van der Waals surface area contributed by atoms with Crippen molar-refractivity contribution in [3.8, 4) is 5.75 Å². The summed E-state index contributed by atoms with van der Waals surface area (Å²) in [6.45, 7) is 7.95. The average Bonchev–Trinajstić information content (AvgIpc) is 3.13. The van der Waals surface area contributed by atoms with Crippen molar-refractivity contribution in [3.63, 3.8) is 0 Å². The van der Waals surface area contributed by atoms with Crippen molar-refractivity contribution < 1.29 is 14.3 Å². The van der Waals surface area contributed by atoms with Gasteiger partial charge in [-0.05, 0) is 70.8 Å². The largest absolute Gasteiger partial charge is 0.488 e. The van der Waals surface area contributed by atoms with E-state index in [2.05, 4.69) is 57.2 Å². The highest BCUT2D eigenvalue weighted by Crippen LogP contribution is 2.55. The maximum absolute atomic E-state index is 12.1. The number of cyclic esters (lactones) is 1. The first-order chi connectivity index (χ1) is 14.5. The topological polar surface area (TPSA) is 35.5 Å².